The molecule has 0 spiro atoms. The monoisotopic (exact) mass is 346 g/mol. The van der Waals surface area contributed by atoms with Crippen LogP contribution in [0, 0.1) is 0 Å². The number of hydrogen-bond acceptors (Lipinski definition) is 0. The van der Waals surface area contributed by atoms with Gasteiger partial charge >= 0.3 is 0 Å². The van der Waals surface area contributed by atoms with Crippen LogP contribution in [0.25, 0.3) is 44.1 Å². The van der Waals surface area contributed by atoms with Gasteiger partial charge in [0.2, 0.25) is 11.0 Å². The maximum atomic E-state index is 2.28. The molecule has 0 radical (unpaired) electrons. The Bertz CT molecular complexity index is 1200. The van der Waals surface area contributed by atoms with Crippen LogP contribution in [0.15, 0.2) is 103 Å². The molecular weight excluding hydrogens is 326 g/mol. The first-order valence-corrected chi connectivity index (χ1v) is 9.28. The SMILES string of the molecule is C[n+]1c2ccccc2c(-c2ccc(-c3ccccc3)cc2)c2ccccc21. The van der Waals surface area contributed by atoms with E-state index in [-0.39, 0.29) is 0 Å². The summed E-state index contributed by atoms with van der Waals surface area (Å²) in [5, 5.41) is 2.57. The van der Waals surface area contributed by atoms with Crippen LogP contribution in [0.4, 0.5) is 0 Å². The number of benzene rings is 4. The Hall–Kier alpha value is -3.45. The molecule has 0 aliphatic rings. The number of aromatic nitrogens is 1. The smallest absolute Gasteiger partial charge is 0.194 e. The fourth-order valence-electron chi connectivity index (χ4n) is 4.00. The Morgan fingerprint density at radius 2 is 0.889 bits per heavy atom. The van der Waals surface area contributed by atoms with E-state index in [1.165, 1.54) is 44.1 Å². The average Bonchev–Trinajstić information content (AvgIpc) is 2.75. The van der Waals surface area contributed by atoms with Crippen molar-refractivity contribution in [3.63, 3.8) is 0 Å². The third-order valence-corrected chi connectivity index (χ3v) is 5.35. The lowest BCUT2D eigenvalue weighted by Crippen LogP contribution is -2.30. The second kappa shape index (κ2) is 6.37. The molecule has 5 rings (SSSR count). The van der Waals surface area contributed by atoms with Gasteiger partial charge in [-0.25, -0.2) is 0 Å². The molecule has 128 valence electrons. The minimum Gasteiger partial charge on any atom is -0.194 e. The van der Waals surface area contributed by atoms with Crippen LogP contribution in [0.5, 0.6) is 0 Å². The average molecular weight is 346 g/mol. The van der Waals surface area contributed by atoms with E-state index in [4.69, 9.17) is 0 Å². The molecule has 27 heavy (non-hydrogen) atoms. The largest absolute Gasteiger partial charge is 0.213 e. The van der Waals surface area contributed by atoms with Crippen LogP contribution >= 0.6 is 0 Å². The van der Waals surface area contributed by atoms with Crippen LogP contribution in [0.3, 0.4) is 0 Å². The predicted octanol–water partition coefficient (Wildman–Crippen LogP) is 6.15. The van der Waals surface area contributed by atoms with Crippen molar-refractivity contribution in [2.24, 2.45) is 7.05 Å². The third-order valence-electron chi connectivity index (χ3n) is 5.35. The minimum atomic E-state index is 1.24. The lowest BCUT2D eigenvalue weighted by atomic mass is 9.94. The van der Waals surface area contributed by atoms with Crippen LogP contribution < -0.4 is 4.57 Å². The predicted molar refractivity (Wildman–Crippen MR) is 114 cm³/mol. The quantitative estimate of drug-likeness (QED) is 0.266. The first kappa shape index (κ1) is 15.8. The van der Waals surface area contributed by atoms with Gasteiger partial charge in [-0.15, -0.1) is 0 Å². The van der Waals surface area contributed by atoms with Crippen LogP contribution in [-0.4, -0.2) is 0 Å². The second-order valence-electron chi connectivity index (χ2n) is 6.91. The molecular formula is C26H20N+. The second-order valence-corrected chi connectivity index (χ2v) is 6.91. The van der Waals surface area contributed by atoms with Gasteiger partial charge in [0.1, 0.15) is 7.05 Å². The standard InChI is InChI=1S/C26H20N/c1-27-24-13-7-5-11-22(24)26(23-12-6-8-14-25(23)27)21-17-15-20(16-18-21)19-9-3-2-4-10-19/h2-18H,1H3/q+1. The van der Waals surface area contributed by atoms with Crippen molar-refractivity contribution in [2.75, 3.05) is 0 Å². The molecule has 0 saturated carbocycles. The summed E-state index contributed by atoms with van der Waals surface area (Å²) in [7, 11) is 2.15. The van der Waals surface area contributed by atoms with Gasteiger partial charge in [0.25, 0.3) is 0 Å². The third kappa shape index (κ3) is 2.60. The highest BCUT2D eigenvalue weighted by Gasteiger charge is 2.18. The summed E-state index contributed by atoms with van der Waals surface area (Å²) in [6.45, 7) is 0. The molecule has 1 nitrogen and oxygen atoms in total. The number of nitrogens with zero attached hydrogens (tertiary/aromatic N) is 1. The van der Waals surface area contributed by atoms with Crippen molar-refractivity contribution in [3.05, 3.63) is 103 Å². The van der Waals surface area contributed by atoms with Gasteiger partial charge in [-0.3, -0.25) is 0 Å². The zero-order chi connectivity index (χ0) is 18.2. The number of rotatable bonds is 2. The summed E-state index contributed by atoms with van der Waals surface area (Å²) < 4.78 is 2.28. The lowest BCUT2D eigenvalue weighted by Gasteiger charge is -2.11. The molecule has 0 N–H and O–H groups in total. The van der Waals surface area contributed by atoms with Crippen molar-refractivity contribution in [1.82, 2.24) is 0 Å². The molecule has 0 aliphatic carbocycles. The van der Waals surface area contributed by atoms with Crippen LogP contribution in [0.2, 0.25) is 0 Å². The van der Waals surface area contributed by atoms with Gasteiger partial charge in [-0.1, -0.05) is 78.9 Å². The van der Waals surface area contributed by atoms with E-state index in [2.05, 4.69) is 115 Å². The molecule has 5 aromatic rings. The maximum Gasteiger partial charge on any atom is 0.213 e. The summed E-state index contributed by atoms with van der Waals surface area (Å²) in [5.74, 6) is 0. The molecule has 1 heterocycles. The first-order chi connectivity index (χ1) is 13.3. The van der Waals surface area contributed by atoms with Crippen molar-refractivity contribution in [3.8, 4) is 22.3 Å². The zero-order valence-corrected chi connectivity index (χ0v) is 15.3. The van der Waals surface area contributed by atoms with Crippen molar-refractivity contribution < 1.29 is 4.57 Å². The van der Waals surface area contributed by atoms with E-state index in [0.717, 1.165) is 0 Å². The summed E-state index contributed by atoms with van der Waals surface area (Å²) in [6.07, 6.45) is 0. The lowest BCUT2D eigenvalue weighted by molar-refractivity contribution is -0.617. The van der Waals surface area contributed by atoms with E-state index in [1.54, 1.807) is 0 Å². The molecule has 1 heteroatoms. The number of fused-ring (bicyclic) bond motifs is 2. The number of aryl methyl sites for hydroxylation is 1. The van der Waals surface area contributed by atoms with Gasteiger partial charge in [0, 0.05) is 17.7 Å². The van der Waals surface area contributed by atoms with Gasteiger partial charge in [0.05, 0.1) is 10.8 Å². The van der Waals surface area contributed by atoms with Crippen LogP contribution in [0.1, 0.15) is 0 Å². The van der Waals surface area contributed by atoms with Crippen molar-refractivity contribution in [2.45, 2.75) is 0 Å². The molecule has 0 unspecified atom stereocenters. The highest BCUT2D eigenvalue weighted by atomic mass is 14.9. The Balaban J connectivity index is 1.78. The number of para-hydroxylation sites is 2. The maximum absolute atomic E-state index is 2.28. The molecule has 1 aromatic heterocycles. The summed E-state index contributed by atoms with van der Waals surface area (Å²) in [5.41, 5.74) is 7.55. The molecule has 0 atom stereocenters. The summed E-state index contributed by atoms with van der Waals surface area (Å²) in [6, 6.07) is 36.8. The molecule has 0 saturated heterocycles. The minimum absolute atomic E-state index is 1.24. The Labute approximate surface area is 159 Å². The van der Waals surface area contributed by atoms with Gasteiger partial charge < -0.3 is 0 Å². The fourth-order valence-corrected chi connectivity index (χ4v) is 4.00. The number of pyridine rings is 1. The van der Waals surface area contributed by atoms with E-state index in [1.807, 2.05) is 0 Å². The topological polar surface area (TPSA) is 3.88 Å². The summed E-state index contributed by atoms with van der Waals surface area (Å²) >= 11 is 0. The fraction of sp³-hybridized carbons (Fsp3) is 0.0385. The highest BCUT2D eigenvalue weighted by molar-refractivity contribution is 6.07. The molecule has 0 amide bonds. The highest BCUT2D eigenvalue weighted by Crippen LogP contribution is 2.34. The molecule has 0 bridgehead atoms. The Kier molecular flexibility index (Phi) is 3.72. The van der Waals surface area contributed by atoms with E-state index in [0.29, 0.717) is 0 Å². The normalized spacial score (nSPS) is 11.1. The zero-order valence-electron chi connectivity index (χ0n) is 15.3. The first-order valence-electron chi connectivity index (χ1n) is 9.28. The van der Waals surface area contributed by atoms with Crippen LogP contribution in [-0.2, 0) is 7.05 Å². The number of hydrogen-bond donors (Lipinski definition) is 0. The van der Waals surface area contributed by atoms with E-state index in [9.17, 15) is 0 Å². The molecule has 4 aromatic carbocycles. The molecule has 0 aliphatic heterocycles. The Morgan fingerprint density at radius 3 is 1.48 bits per heavy atom. The summed E-state index contributed by atoms with van der Waals surface area (Å²) in [4.78, 5) is 0. The van der Waals surface area contributed by atoms with Crippen molar-refractivity contribution >= 4 is 21.8 Å². The van der Waals surface area contributed by atoms with E-state index >= 15 is 0 Å². The van der Waals surface area contributed by atoms with E-state index < -0.39 is 0 Å². The molecule has 0 fully saturated rings. The Morgan fingerprint density at radius 1 is 0.444 bits per heavy atom. The van der Waals surface area contributed by atoms with Crippen molar-refractivity contribution in [1.29, 1.82) is 0 Å². The van der Waals surface area contributed by atoms with Gasteiger partial charge in [-0.2, -0.15) is 4.57 Å². The van der Waals surface area contributed by atoms with Gasteiger partial charge in [-0.05, 0) is 28.8 Å². The van der Waals surface area contributed by atoms with Gasteiger partial charge in [0.15, 0.2) is 0 Å².